The van der Waals surface area contributed by atoms with Crippen LogP contribution in [0.2, 0.25) is 0 Å². The number of ether oxygens (including phenoxy) is 2. The first-order valence-corrected chi connectivity index (χ1v) is 10.9. The lowest BCUT2D eigenvalue weighted by Gasteiger charge is -2.16. The van der Waals surface area contributed by atoms with Gasteiger partial charge in [0.2, 0.25) is 0 Å². The summed E-state index contributed by atoms with van der Waals surface area (Å²) in [4.78, 5) is 33.4. The van der Waals surface area contributed by atoms with E-state index in [4.69, 9.17) is 4.74 Å². The maximum Gasteiger partial charge on any atom is 0.407 e. The molecule has 3 rings (SSSR count). The molecular weight excluding hydrogens is 451 g/mol. The lowest BCUT2D eigenvalue weighted by molar-refractivity contribution is -0.124. The number of halogens is 1. The number of aromatic nitrogens is 2. The number of nitrogens with one attached hydrogen (secondary N) is 2. The van der Waals surface area contributed by atoms with Crippen LogP contribution < -0.4 is 10.1 Å². The topological polar surface area (TPSA) is 96.5 Å². The molecule has 0 atom stereocenters. The van der Waals surface area contributed by atoms with Crippen molar-refractivity contribution in [1.82, 2.24) is 20.2 Å². The highest BCUT2D eigenvalue weighted by molar-refractivity contribution is 6.00. The van der Waals surface area contributed by atoms with E-state index in [1.54, 1.807) is 33.5 Å². The lowest BCUT2D eigenvalue weighted by atomic mass is 9.99. The molecule has 0 bridgehead atoms. The van der Waals surface area contributed by atoms with Gasteiger partial charge < -0.3 is 24.7 Å². The predicted molar refractivity (Wildman–Crippen MR) is 134 cm³/mol. The van der Waals surface area contributed by atoms with Gasteiger partial charge in [-0.3, -0.25) is 4.79 Å². The van der Waals surface area contributed by atoms with Gasteiger partial charge in [0.1, 0.15) is 18.1 Å². The Balaban J connectivity index is 2.08. The van der Waals surface area contributed by atoms with Crippen molar-refractivity contribution in [3.63, 3.8) is 0 Å². The third-order valence-electron chi connectivity index (χ3n) is 5.55. The zero-order valence-electron chi connectivity index (χ0n) is 20.4. The Kier molecular flexibility index (Phi) is 8.25. The molecular formula is C26H29FN4O4. The van der Waals surface area contributed by atoms with Crippen LogP contribution in [0, 0.1) is 0 Å². The first-order valence-electron chi connectivity index (χ1n) is 10.9. The van der Waals surface area contributed by atoms with Crippen LogP contribution in [-0.4, -0.2) is 68.4 Å². The number of alkyl carbamates (subject to hydrolysis) is 1. The van der Waals surface area contributed by atoms with Gasteiger partial charge in [0.15, 0.2) is 0 Å². The first-order chi connectivity index (χ1) is 16.8. The summed E-state index contributed by atoms with van der Waals surface area (Å²) in [5, 5.41) is 3.32. The molecule has 0 fully saturated rings. The number of benzene rings is 1. The zero-order valence-corrected chi connectivity index (χ0v) is 20.4. The molecule has 9 heteroatoms. The van der Waals surface area contributed by atoms with E-state index in [9.17, 15) is 14.0 Å². The Morgan fingerprint density at radius 3 is 2.60 bits per heavy atom. The fourth-order valence-corrected chi connectivity index (χ4v) is 3.63. The summed E-state index contributed by atoms with van der Waals surface area (Å²) in [7, 11) is 6.01. The van der Waals surface area contributed by atoms with Crippen LogP contribution in [0.3, 0.4) is 0 Å². The van der Waals surface area contributed by atoms with Crippen LogP contribution >= 0.6 is 0 Å². The largest absolute Gasteiger partial charge is 0.496 e. The Morgan fingerprint density at radius 1 is 1.20 bits per heavy atom. The van der Waals surface area contributed by atoms with Crippen LogP contribution in [0.5, 0.6) is 5.75 Å². The van der Waals surface area contributed by atoms with Crippen molar-refractivity contribution in [3.05, 3.63) is 65.5 Å². The molecule has 2 aromatic heterocycles. The standard InChI is InChI=1S/C26H29FN4O4/c1-16(10-20(25(32)31(2)3)18(12-27)14-30-26(33)35-5)17-11-21-22(15-29-24(21)28-13-17)19-8-6-7-9-23(19)34-4/h6-11,13,15H,12,14H2,1-5H3,(H,28,29)(H,30,33)/b16-10+,20-18-. The Labute approximate surface area is 203 Å². The zero-order chi connectivity index (χ0) is 25.5. The molecule has 35 heavy (non-hydrogen) atoms. The number of amides is 2. The molecule has 2 N–H and O–H groups in total. The van der Waals surface area contributed by atoms with Crippen molar-refractivity contribution in [3.8, 4) is 16.9 Å². The maximum atomic E-state index is 13.9. The van der Waals surface area contributed by atoms with Gasteiger partial charge in [-0.25, -0.2) is 14.2 Å². The molecule has 3 aromatic rings. The number of likely N-dealkylation sites (N-methyl/N-ethyl adjacent to an activating group) is 1. The summed E-state index contributed by atoms with van der Waals surface area (Å²) >= 11 is 0. The molecule has 1 aromatic carbocycles. The first kappa shape index (κ1) is 25.5. The molecule has 0 spiro atoms. The minimum Gasteiger partial charge on any atom is -0.496 e. The van der Waals surface area contributed by atoms with Gasteiger partial charge in [-0.2, -0.15) is 0 Å². The fourth-order valence-electron chi connectivity index (χ4n) is 3.63. The minimum absolute atomic E-state index is 0.138. The molecule has 2 heterocycles. The SMILES string of the molecule is COC(=O)NC/C(CF)=C(/C=C(\C)c1cnc2[nH]cc(-c3ccccc3OC)c2c1)C(=O)N(C)C. The second-order valence-electron chi connectivity index (χ2n) is 8.05. The Hall–Kier alpha value is -4.14. The fraction of sp³-hybridized carbons (Fsp3) is 0.269. The van der Waals surface area contributed by atoms with Gasteiger partial charge >= 0.3 is 6.09 Å². The van der Waals surface area contributed by atoms with Gasteiger partial charge in [0.05, 0.1) is 14.2 Å². The minimum atomic E-state index is -0.907. The Bertz CT molecular complexity index is 1290. The Morgan fingerprint density at radius 2 is 1.94 bits per heavy atom. The number of carbonyl (C=O) groups is 2. The van der Waals surface area contributed by atoms with Crippen LogP contribution in [0.15, 0.2) is 59.9 Å². The highest BCUT2D eigenvalue weighted by atomic mass is 19.1. The number of carbonyl (C=O) groups excluding carboxylic acids is 2. The summed E-state index contributed by atoms with van der Waals surface area (Å²) in [6, 6.07) is 9.66. The van der Waals surface area contributed by atoms with Crippen molar-refractivity contribution in [2.24, 2.45) is 0 Å². The van der Waals surface area contributed by atoms with Crippen LogP contribution in [0.4, 0.5) is 9.18 Å². The van der Waals surface area contributed by atoms with Gasteiger partial charge in [0.25, 0.3) is 5.91 Å². The number of pyridine rings is 1. The molecule has 184 valence electrons. The summed E-state index contributed by atoms with van der Waals surface area (Å²) < 4.78 is 24.0. The van der Waals surface area contributed by atoms with E-state index >= 15 is 0 Å². The molecule has 0 saturated heterocycles. The highest BCUT2D eigenvalue weighted by Gasteiger charge is 2.18. The molecule has 0 radical (unpaired) electrons. The van der Waals surface area contributed by atoms with Crippen LogP contribution in [0.25, 0.3) is 27.7 Å². The van der Waals surface area contributed by atoms with E-state index in [2.05, 4.69) is 20.0 Å². The van der Waals surface area contributed by atoms with Crippen molar-refractivity contribution in [2.75, 3.05) is 41.5 Å². The van der Waals surface area contributed by atoms with Gasteiger partial charge in [-0.15, -0.1) is 0 Å². The van der Waals surface area contributed by atoms with Crippen molar-refractivity contribution in [2.45, 2.75) is 6.92 Å². The lowest BCUT2D eigenvalue weighted by Crippen LogP contribution is -2.29. The quantitative estimate of drug-likeness (QED) is 0.369. The molecule has 0 unspecified atom stereocenters. The van der Waals surface area contributed by atoms with Crippen LogP contribution in [0.1, 0.15) is 12.5 Å². The number of nitrogens with zero attached hydrogens (tertiary/aromatic N) is 2. The average Bonchev–Trinajstić information content (AvgIpc) is 3.30. The number of hydrogen-bond acceptors (Lipinski definition) is 5. The molecule has 2 amide bonds. The molecule has 0 aliphatic carbocycles. The number of fused-ring (bicyclic) bond motifs is 1. The number of rotatable bonds is 8. The summed E-state index contributed by atoms with van der Waals surface area (Å²) in [5.74, 6) is 0.354. The van der Waals surface area contributed by atoms with Gasteiger partial charge in [-0.05, 0) is 41.8 Å². The number of allylic oxidation sites excluding steroid dienone is 1. The molecule has 8 nitrogen and oxygen atoms in total. The molecule has 0 aliphatic rings. The highest BCUT2D eigenvalue weighted by Crippen LogP contribution is 2.35. The third kappa shape index (κ3) is 5.68. The normalized spacial score (nSPS) is 12.2. The number of H-pyrrole nitrogens is 1. The summed E-state index contributed by atoms with van der Waals surface area (Å²) in [5.41, 5.74) is 4.31. The number of alkyl halides is 1. The second-order valence-corrected chi connectivity index (χ2v) is 8.05. The smallest absolute Gasteiger partial charge is 0.407 e. The van der Waals surface area contributed by atoms with Gasteiger partial charge in [-0.1, -0.05) is 18.2 Å². The van der Waals surface area contributed by atoms with E-state index in [1.165, 1.54) is 12.0 Å². The molecule has 0 aliphatic heterocycles. The van der Waals surface area contributed by atoms with E-state index < -0.39 is 12.8 Å². The summed E-state index contributed by atoms with van der Waals surface area (Å²) in [6.45, 7) is 0.759. The number of aromatic amines is 1. The van der Waals surface area contributed by atoms with Crippen LogP contribution in [-0.2, 0) is 9.53 Å². The van der Waals surface area contributed by atoms with E-state index in [0.29, 0.717) is 11.2 Å². The van der Waals surface area contributed by atoms with Gasteiger partial charge in [0, 0.05) is 55.1 Å². The maximum absolute atomic E-state index is 13.9. The monoisotopic (exact) mass is 480 g/mol. The van der Waals surface area contributed by atoms with E-state index in [0.717, 1.165) is 27.8 Å². The van der Waals surface area contributed by atoms with Crippen molar-refractivity contribution >= 4 is 28.6 Å². The number of para-hydroxylation sites is 1. The second kappa shape index (κ2) is 11.3. The van der Waals surface area contributed by atoms with Crippen molar-refractivity contribution < 1.29 is 23.5 Å². The van der Waals surface area contributed by atoms with E-state index in [1.807, 2.05) is 43.5 Å². The predicted octanol–water partition coefficient (Wildman–Crippen LogP) is 4.35. The summed E-state index contributed by atoms with van der Waals surface area (Å²) in [6.07, 6.45) is 4.48. The number of hydrogen-bond donors (Lipinski definition) is 2. The van der Waals surface area contributed by atoms with Crippen molar-refractivity contribution in [1.29, 1.82) is 0 Å². The number of methoxy groups -OCH3 is 2. The molecule has 0 saturated carbocycles. The third-order valence-corrected chi connectivity index (χ3v) is 5.55. The van der Waals surface area contributed by atoms with E-state index in [-0.39, 0.29) is 23.6 Å². The average molecular weight is 481 g/mol.